The van der Waals surface area contributed by atoms with E-state index in [9.17, 15) is 0 Å². The van der Waals surface area contributed by atoms with Gasteiger partial charge in [-0.2, -0.15) is 0 Å². The van der Waals surface area contributed by atoms with E-state index in [2.05, 4.69) is 49.3 Å². The summed E-state index contributed by atoms with van der Waals surface area (Å²) in [6.45, 7) is 6.28. The number of piperazine rings is 1. The van der Waals surface area contributed by atoms with Crippen LogP contribution in [0.2, 0.25) is 0 Å². The summed E-state index contributed by atoms with van der Waals surface area (Å²) in [7, 11) is 4.66. The fourth-order valence-electron chi connectivity index (χ4n) is 2.20. The molecule has 0 aromatic heterocycles. The Balaban J connectivity index is 0.00000144. The van der Waals surface area contributed by atoms with E-state index in [0.717, 1.165) is 0 Å². The summed E-state index contributed by atoms with van der Waals surface area (Å²) in [5.74, 6) is 0. The van der Waals surface area contributed by atoms with Crippen molar-refractivity contribution in [2.45, 2.75) is 6.42 Å². The van der Waals surface area contributed by atoms with Crippen LogP contribution in [0.1, 0.15) is 5.56 Å². The predicted molar refractivity (Wildman–Crippen MR) is 68.4 cm³/mol. The average Bonchev–Trinajstić information content (AvgIpc) is 2.29. The maximum atomic E-state index is 2.59. The van der Waals surface area contributed by atoms with Gasteiger partial charge in [0.05, 0.1) is 27.2 Å². The number of likely N-dealkylation sites (N-methyl/N-ethyl adjacent to an activating group) is 1. The maximum absolute atomic E-state index is 2.59. The molecule has 0 spiro atoms. The first-order chi connectivity index (χ1) is 7.66. The summed E-state index contributed by atoms with van der Waals surface area (Å²) in [6, 6.07) is 10.8. The van der Waals surface area contributed by atoms with E-state index in [4.69, 9.17) is 0 Å². The van der Waals surface area contributed by atoms with Crippen LogP contribution in [0.15, 0.2) is 30.3 Å². The molecule has 2 rings (SSSR count). The summed E-state index contributed by atoms with van der Waals surface area (Å²) in [5, 5.41) is 0. The third-order valence-electron chi connectivity index (χ3n) is 3.60. The SMILES string of the molecule is C[N+]1(C)CCN(CCc2ccccc2)CC1.[Cl-]. The zero-order valence-corrected chi connectivity index (χ0v) is 11.7. The highest BCUT2D eigenvalue weighted by atomic mass is 35.5. The molecule has 1 heterocycles. The molecule has 1 fully saturated rings. The molecule has 96 valence electrons. The summed E-state index contributed by atoms with van der Waals surface area (Å²) < 4.78 is 1.18. The highest BCUT2D eigenvalue weighted by Crippen LogP contribution is 2.08. The van der Waals surface area contributed by atoms with Crippen LogP contribution in [0.3, 0.4) is 0 Å². The molecule has 0 atom stereocenters. The lowest BCUT2D eigenvalue weighted by atomic mass is 10.1. The molecule has 0 N–H and O–H groups in total. The molecular weight excluding hydrogens is 232 g/mol. The Morgan fingerprint density at radius 1 is 1.06 bits per heavy atom. The monoisotopic (exact) mass is 254 g/mol. The second-order valence-corrected chi connectivity index (χ2v) is 5.46. The van der Waals surface area contributed by atoms with Crippen molar-refractivity contribution in [3.05, 3.63) is 35.9 Å². The highest BCUT2D eigenvalue weighted by molar-refractivity contribution is 5.14. The van der Waals surface area contributed by atoms with Crippen LogP contribution in [0.25, 0.3) is 0 Å². The summed E-state index contributed by atoms with van der Waals surface area (Å²) >= 11 is 0. The minimum absolute atomic E-state index is 0. The Morgan fingerprint density at radius 3 is 2.24 bits per heavy atom. The van der Waals surface area contributed by atoms with Crippen LogP contribution in [0.4, 0.5) is 0 Å². The van der Waals surface area contributed by atoms with Gasteiger partial charge in [0, 0.05) is 19.6 Å². The number of hydrogen-bond donors (Lipinski definition) is 0. The van der Waals surface area contributed by atoms with Crippen molar-refractivity contribution in [1.29, 1.82) is 0 Å². The smallest absolute Gasteiger partial charge is 0.0912 e. The minimum atomic E-state index is 0. The molecule has 1 aromatic carbocycles. The Hall–Kier alpha value is -0.570. The van der Waals surface area contributed by atoms with E-state index in [0.29, 0.717) is 0 Å². The molecule has 17 heavy (non-hydrogen) atoms. The second-order valence-electron chi connectivity index (χ2n) is 5.46. The van der Waals surface area contributed by atoms with Crippen molar-refractivity contribution in [3.63, 3.8) is 0 Å². The molecule has 2 nitrogen and oxygen atoms in total. The van der Waals surface area contributed by atoms with Crippen molar-refractivity contribution < 1.29 is 16.9 Å². The largest absolute Gasteiger partial charge is 1.00 e. The van der Waals surface area contributed by atoms with Gasteiger partial charge in [0.2, 0.25) is 0 Å². The Kier molecular flexibility index (Phi) is 5.44. The van der Waals surface area contributed by atoms with Gasteiger partial charge in [-0.3, -0.25) is 4.90 Å². The van der Waals surface area contributed by atoms with Crippen molar-refractivity contribution >= 4 is 0 Å². The number of halogens is 1. The van der Waals surface area contributed by atoms with Crippen molar-refractivity contribution in [2.24, 2.45) is 0 Å². The predicted octanol–water partition coefficient (Wildman–Crippen LogP) is -1.37. The van der Waals surface area contributed by atoms with Gasteiger partial charge in [-0.05, 0) is 12.0 Å². The van der Waals surface area contributed by atoms with Crippen LogP contribution in [0.5, 0.6) is 0 Å². The fraction of sp³-hybridized carbons (Fsp3) is 0.571. The van der Waals surface area contributed by atoms with Crippen LogP contribution in [-0.2, 0) is 6.42 Å². The zero-order valence-electron chi connectivity index (χ0n) is 10.9. The maximum Gasteiger partial charge on any atom is 0.0912 e. The minimum Gasteiger partial charge on any atom is -1.00 e. The van der Waals surface area contributed by atoms with Gasteiger partial charge in [-0.1, -0.05) is 30.3 Å². The third kappa shape index (κ3) is 4.66. The lowest BCUT2D eigenvalue weighted by Gasteiger charge is -2.39. The van der Waals surface area contributed by atoms with Crippen LogP contribution in [-0.4, -0.2) is 56.2 Å². The van der Waals surface area contributed by atoms with Gasteiger partial charge in [0.1, 0.15) is 0 Å². The number of benzene rings is 1. The van der Waals surface area contributed by atoms with Gasteiger partial charge >= 0.3 is 0 Å². The summed E-state index contributed by atoms with van der Waals surface area (Å²) in [4.78, 5) is 2.59. The molecule has 0 radical (unpaired) electrons. The average molecular weight is 255 g/mol. The molecule has 0 saturated carbocycles. The van der Waals surface area contributed by atoms with Gasteiger partial charge in [-0.25, -0.2) is 0 Å². The molecule has 0 bridgehead atoms. The lowest BCUT2D eigenvalue weighted by Crippen LogP contribution is -3.00. The lowest BCUT2D eigenvalue weighted by molar-refractivity contribution is -0.894. The molecule has 1 aliphatic heterocycles. The van der Waals surface area contributed by atoms with E-state index in [1.807, 2.05) is 0 Å². The first kappa shape index (κ1) is 14.5. The van der Waals surface area contributed by atoms with E-state index in [-0.39, 0.29) is 12.4 Å². The number of hydrogen-bond acceptors (Lipinski definition) is 1. The Morgan fingerprint density at radius 2 is 1.65 bits per heavy atom. The Bertz CT molecular complexity index is 314. The number of quaternary nitrogens is 1. The number of rotatable bonds is 3. The summed E-state index contributed by atoms with van der Waals surface area (Å²) in [6.07, 6.45) is 1.19. The van der Waals surface area contributed by atoms with Crippen LogP contribution < -0.4 is 12.4 Å². The van der Waals surface area contributed by atoms with Gasteiger partial charge in [0.15, 0.2) is 0 Å². The van der Waals surface area contributed by atoms with Gasteiger partial charge in [0.25, 0.3) is 0 Å². The Labute approximate surface area is 111 Å². The highest BCUT2D eigenvalue weighted by Gasteiger charge is 2.23. The quantitative estimate of drug-likeness (QED) is 0.602. The van der Waals surface area contributed by atoms with E-state index in [1.165, 1.54) is 49.2 Å². The van der Waals surface area contributed by atoms with Crippen molar-refractivity contribution in [2.75, 3.05) is 46.8 Å². The van der Waals surface area contributed by atoms with Crippen molar-refractivity contribution in [1.82, 2.24) is 4.90 Å². The molecule has 1 aromatic rings. The standard InChI is InChI=1S/C14H23N2.ClH/c1-16(2)12-10-15(11-13-16)9-8-14-6-4-3-5-7-14;/h3-7H,8-13H2,1-2H3;1H/q+1;/p-1. The first-order valence-electron chi connectivity index (χ1n) is 6.24. The van der Waals surface area contributed by atoms with Crippen LogP contribution >= 0.6 is 0 Å². The van der Waals surface area contributed by atoms with E-state index >= 15 is 0 Å². The molecular formula is C14H23ClN2. The molecule has 1 saturated heterocycles. The van der Waals surface area contributed by atoms with E-state index in [1.54, 1.807) is 0 Å². The van der Waals surface area contributed by atoms with Gasteiger partial charge in [-0.15, -0.1) is 0 Å². The topological polar surface area (TPSA) is 3.24 Å². The van der Waals surface area contributed by atoms with Gasteiger partial charge < -0.3 is 16.9 Å². The van der Waals surface area contributed by atoms with Crippen LogP contribution in [0, 0.1) is 0 Å². The molecule has 3 heteroatoms. The second kappa shape index (κ2) is 6.39. The van der Waals surface area contributed by atoms with Crippen molar-refractivity contribution in [3.8, 4) is 0 Å². The zero-order chi connectivity index (χ0) is 11.4. The summed E-state index contributed by atoms with van der Waals surface area (Å²) in [5.41, 5.74) is 1.46. The number of nitrogens with zero attached hydrogens (tertiary/aromatic N) is 2. The third-order valence-corrected chi connectivity index (χ3v) is 3.60. The molecule has 0 amide bonds. The normalized spacial score (nSPS) is 19.6. The van der Waals surface area contributed by atoms with E-state index < -0.39 is 0 Å². The molecule has 0 aliphatic carbocycles. The molecule has 0 unspecified atom stereocenters. The fourth-order valence-corrected chi connectivity index (χ4v) is 2.20. The molecule has 1 aliphatic rings. The first-order valence-corrected chi connectivity index (χ1v) is 6.24.